The van der Waals surface area contributed by atoms with Gasteiger partial charge in [-0.1, -0.05) is 18.2 Å². The molecule has 0 saturated heterocycles. The van der Waals surface area contributed by atoms with Gasteiger partial charge in [0.2, 0.25) is 0 Å². The molecule has 1 unspecified atom stereocenters. The van der Waals surface area contributed by atoms with Gasteiger partial charge < -0.3 is 19.5 Å². The zero-order valence-corrected chi connectivity index (χ0v) is 11.6. The van der Waals surface area contributed by atoms with E-state index in [9.17, 15) is 0 Å². The number of fused-ring (bicyclic) bond motifs is 1. The third-order valence-electron chi connectivity index (χ3n) is 3.15. The summed E-state index contributed by atoms with van der Waals surface area (Å²) in [5.41, 5.74) is 1.31. The average molecular weight is 265 g/mol. The Morgan fingerprint density at radius 3 is 3.00 bits per heavy atom. The van der Waals surface area contributed by atoms with E-state index in [0.29, 0.717) is 0 Å². The van der Waals surface area contributed by atoms with E-state index >= 15 is 0 Å². The van der Waals surface area contributed by atoms with Gasteiger partial charge in [0.15, 0.2) is 0 Å². The SMILES string of the molecule is COCCCOCCNCC1Cc2ccccc2O1. The van der Waals surface area contributed by atoms with Crippen molar-refractivity contribution >= 4 is 0 Å². The fraction of sp³-hybridized carbons (Fsp3) is 0.600. The van der Waals surface area contributed by atoms with Crippen molar-refractivity contribution in [2.75, 3.05) is 40.0 Å². The molecule has 1 aromatic rings. The molecule has 4 nitrogen and oxygen atoms in total. The quantitative estimate of drug-likeness (QED) is 0.689. The lowest BCUT2D eigenvalue weighted by atomic mass is 10.1. The molecule has 1 aliphatic heterocycles. The molecule has 1 aliphatic rings. The maximum atomic E-state index is 5.85. The number of ether oxygens (including phenoxy) is 3. The van der Waals surface area contributed by atoms with E-state index in [1.165, 1.54) is 5.56 Å². The zero-order valence-electron chi connectivity index (χ0n) is 11.6. The van der Waals surface area contributed by atoms with E-state index in [4.69, 9.17) is 14.2 Å². The molecular formula is C15H23NO3. The lowest BCUT2D eigenvalue weighted by Crippen LogP contribution is -2.32. The number of hydrogen-bond donors (Lipinski definition) is 1. The van der Waals surface area contributed by atoms with Crippen molar-refractivity contribution in [1.82, 2.24) is 5.32 Å². The van der Waals surface area contributed by atoms with E-state index < -0.39 is 0 Å². The summed E-state index contributed by atoms with van der Waals surface area (Å²) in [6, 6.07) is 8.25. The lowest BCUT2D eigenvalue weighted by molar-refractivity contribution is 0.103. The van der Waals surface area contributed by atoms with Crippen LogP contribution in [-0.2, 0) is 15.9 Å². The Kier molecular flexibility index (Phi) is 6.14. The highest BCUT2D eigenvalue weighted by Crippen LogP contribution is 2.27. The van der Waals surface area contributed by atoms with Crippen LogP contribution in [0.3, 0.4) is 0 Å². The Labute approximate surface area is 115 Å². The molecule has 0 bridgehead atoms. The molecule has 106 valence electrons. The summed E-state index contributed by atoms with van der Waals surface area (Å²) in [5, 5.41) is 3.37. The highest BCUT2D eigenvalue weighted by molar-refractivity contribution is 5.37. The van der Waals surface area contributed by atoms with Gasteiger partial charge in [0, 0.05) is 39.8 Å². The maximum absolute atomic E-state index is 5.85. The third kappa shape index (κ3) is 4.82. The van der Waals surface area contributed by atoms with E-state index in [-0.39, 0.29) is 6.10 Å². The highest BCUT2D eigenvalue weighted by atomic mass is 16.5. The maximum Gasteiger partial charge on any atom is 0.123 e. The molecule has 19 heavy (non-hydrogen) atoms. The number of methoxy groups -OCH3 is 1. The van der Waals surface area contributed by atoms with Crippen molar-refractivity contribution in [2.24, 2.45) is 0 Å². The van der Waals surface area contributed by atoms with E-state index in [1.54, 1.807) is 7.11 Å². The predicted octanol–water partition coefficient (Wildman–Crippen LogP) is 1.63. The minimum atomic E-state index is 0.255. The smallest absolute Gasteiger partial charge is 0.123 e. The molecule has 0 aromatic heterocycles. The van der Waals surface area contributed by atoms with Crippen LogP contribution in [0.5, 0.6) is 5.75 Å². The van der Waals surface area contributed by atoms with Crippen LogP contribution in [0.25, 0.3) is 0 Å². The van der Waals surface area contributed by atoms with Gasteiger partial charge >= 0.3 is 0 Å². The average Bonchev–Trinajstić information content (AvgIpc) is 2.84. The van der Waals surface area contributed by atoms with Crippen LogP contribution >= 0.6 is 0 Å². The summed E-state index contributed by atoms with van der Waals surface area (Å²) in [5.74, 6) is 1.03. The minimum Gasteiger partial charge on any atom is -0.488 e. The number of benzene rings is 1. The van der Waals surface area contributed by atoms with Crippen molar-refractivity contribution in [2.45, 2.75) is 18.9 Å². The van der Waals surface area contributed by atoms with Crippen molar-refractivity contribution < 1.29 is 14.2 Å². The first kappa shape index (κ1) is 14.3. The molecule has 1 aromatic carbocycles. The van der Waals surface area contributed by atoms with Gasteiger partial charge in [-0.3, -0.25) is 0 Å². The van der Waals surface area contributed by atoms with Gasteiger partial charge in [-0.2, -0.15) is 0 Å². The van der Waals surface area contributed by atoms with Crippen molar-refractivity contribution in [3.05, 3.63) is 29.8 Å². The van der Waals surface area contributed by atoms with Crippen molar-refractivity contribution in [3.63, 3.8) is 0 Å². The number of nitrogens with one attached hydrogen (secondary N) is 1. The Bertz CT molecular complexity index is 345. The van der Waals surface area contributed by atoms with Crippen molar-refractivity contribution in [1.29, 1.82) is 0 Å². The molecule has 0 radical (unpaired) electrons. The molecule has 0 saturated carbocycles. The molecule has 1 atom stereocenters. The van der Waals surface area contributed by atoms with Crippen LogP contribution in [0.1, 0.15) is 12.0 Å². The summed E-state index contributed by atoms with van der Waals surface area (Å²) in [6.45, 7) is 4.01. The lowest BCUT2D eigenvalue weighted by Gasteiger charge is -2.12. The molecule has 2 rings (SSSR count). The number of hydrogen-bond acceptors (Lipinski definition) is 4. The van der Waals surface area contributed by atoms with Crippen LogP contribution < -0.4 is 10.1 Å². The van der Waals surface area contributed by atoms with Gasteiger partial charge in [-0.15, -0.1) is 0 Å². The summed E-state index contributed by atoms with van der Waals surface area (Å²) in [4.78, 5) is 0. The number of para-hydroxylation sites is 1. The summed E-state index contributed by atoms with van der Waals surface area (Å²) >= 11 is 0. The van der Waals surface area contributed by atoms with Crippen LogP contribution in [0, 0.1) is 0 Å². The summed E-state index contributed by atoms with van der Waals surface area (Å²) < 4.78 is 16.3. The predicted molar refractivity (Wildman–Crippen MR) is 74.7 cm³/mol. The van der Waals surface area contributed by atoms with Crippen LogP contribution in [0.15, 0.2) is 24.3 Å². The van der Waals surface area contributed by atoms with Gasteiger partial charge in [0.25, 0.3) is 0 Å². The minimum absolute atomic E-state index is 0.255. The topological polar surface area (TPSA) is 39.7 Å². The molecule has 0 fully saturated rings. The van der Waals surface area contributed by atoms with Gasteiger partial charge in [0.1, 0.15) is 11.9 Å². The summed E-state index contributed by atoms with van der Waals surface area (Å²) in [6.07, 6.45) is 2.21. The molecule has 1 N–H and O–H groups in total. The molecule has 0 amide bonds. The monoisotopic (exact) mass is 265 g/mol. The first-order valence-electron chi connectivity index (χ1n) is 6.92. The van der Waals surface area contributed by atoms with Crippen LogP contribution in [0.2, 0.25) is 0 Å². The Balaban J connectivity index is 1.49. The largest absolute Gasteiger partial charge is 0.488 e. The highest BCUT2D eigenvalue weighted by Gasteiger charge is 2.21. The van der Waals surface area contributed by atoms with Crippen LogP contribution in [0.4, 0.5) is 0 Å². The van der Waals surface area contributed by atoms with E-state index in [2.05, 4.69) is 17.4 Å². The van der Waals surface area contributed by atoms with E-state index in [0.717, 1.165) is 51.5 Å². The summed E-state index contributed by atoms with van der Waals surface area (Å²) in [7, 11) is 1.71. The third-order valence-corrected chi connectivity index (χ3v) is 3.15. The van der Waals surface area contributed by atoms with Crippen LogP contribution in [-0.4, -0.2) is 46.1 Å². The molecule has 0 aliphatic carbocycles. The Morgan fingerprint density at radius 1 is 1.26 bits per heavy atom. The first-order valence-corrected chi connectivity index (χ1v) is 6.92. The van der Waals surface area contributed by atoms with Gasteiger partial charge in [0.05, 0.1) is 6.61 Å². The Hall–Kier alpha value is -1.10. The first-order chi connectivity index (χ1) is 9.40. The molecule has 4 heteroatoms. The second-order valence-electron chi connectivity index (χ2n) is 4.71. The van der Waals surface area contributed by atoms with Gasteiger partial charge in [-0.25, -0.2) is 0 Å². The van der Waals surface area contributed by atoms with E-state index in [1.807, 2.05) is 12.1 Å². The molecule has 0 spiro atoms. The second kappa shape index (κ2) is 8.15. The molecular weight excluding hydrogens is 242 g/mol. The fourth-order valence-electron chi connectivity index (χ4n) is 2.18. The standard InChI is InChI=1S/C15H23NO3/c1-17-8-4-9-18-10-7-16-12-14-11-13-5-2-3-6-15(13)19-14/h2-3,5-6,14,16H,4,7-12H2,1H3. The normalized spacial score (nSPS) is 17.2. The fourth-order valence-corrected chi connectivity index (χ4v) is 2.18. The number of rotatable bonds is 9. The Morgan fingerprint density at radius 2 is 2.16 bits per heavy atom. The molecule has 1 heterocycles. The second-order valence-corrected chi connectivity index (χ2v) is 4.71. The van der Waals surface area contributed by atoms with Gasteiger partial charge in [-0.05, 0) is 18.1 Å². The zero-order chi connectivity index (χ0) is 13.3. The van der Waals surface area contributed by atoms with Crippen molar-refractivity contribution in [3.8, 4) is 5.75 Å².